The van der Waals surface area contributed by atoms with E-state index in [2.05, 4.69) is 10.0 Å². The molecule has 0 aromatic heterocycles. The Morgan fingerprint density at radius 3 is 2.89 bits per heavy atom. The molecule has 0 spiro atoms. The number of rotatable bonds is 3. The smallest absolute Gasteiger partial charge is 0.303 e. The van der Waals surface area contributed by atoms with Gasteiger partial charge in [-0.2, -0.15) is 0 Å². The summed E-state index contributed by atoms with van der Waals surface area (Å²) < 4.78 is 0. The summed E-state index contributed by atoms with van der Waals surface area (Å²) in [7, 11) is 0. The van der Waals surface area contributed by atoms with Crippen LogP contribution in [-0.2, 0) is 4.79 Å². The third kappa shape index (κ3) is 4.64. The minimum atomic E-state index is -0.949. The second-order valence-electron chi connectivity index (χ2n) is 1.65. The van der Waals surface area contributed by atoms with Gasteiger partial charge < -0.3 is 5.11 Å². The van der Waals surface area contributed by atoms with Gasteiger partial charge in [-0.25, -0.2) is 0 Å². The Balaban J connectivity index is 3.62. The van der Waals surface area contributed by atoms with Crippen molar-refractivity contribution in [1.82, 2.24) is 0 Å². The largest absolute Gasteiger partial charge is 0.481 e. The predicted molar refractivity (Wildman–Crippen MR) is 30.9 cm³/mol. The van der Waals surface area contributed by atoms with E-state index in [4.69, 9.17) is 10.6 Å². The summed E-state index contributed by atoms with van der Waals surface area (Å²) >= 11 is 0. The second-order valence-corrected chi connectivity index (χ2v) is 1.65. The van der Waals surface area contributed by atoms with Gasteiger partial charge in [0.05, 0.1) is 6.42 Å². The van der Waals surface area contributed by atoms with Crippen molar-refractivity contribution in [3.8, 4) is 0 Å². The average molecular weight is 129 g/mol. The molecule has 9 heavy (non-hydrogen) atoms. The topological polar surface area (TPSA) is 86.1 Å². The molecule has 5 heteroatoms. The fourth-order valence-electron chi connectivity index (χ4n) is 0.382. The van der Waals surface area contributed by atoms with Crippen LogP contribution < -0.4 is 0 Å². The number of carbonyl (C=O) groups is 1. The summed E-state index contributed by atoms with van der Waals surface area (Å²) in [5, 5.41) is 11.3. The third-order valence-electron chi connectivity index (χ3n) is 0.719. The predicted octanol–water partition coefficient (Wildman–Crippen LogP) is 1.16. The molecule has 0 aromatic rings. The van der Waals surface area contributed by atoms with Gasteiger partial charge in [-0.3, -0.25) is 4.79 Å². The van der Waals surface area contributed by atoms with Crippen molar-refractivity contribution in [3.63, 3.8) is 0 Å². The van der Waals surface area contributed by atoms with Crippen LogP contribution in [-0.4, -0.2) is 17.1 Å². The van der Waals surface area contributed by atoms with E-state index in [0.29, 0.717) is 0 Å². The normalized spacial score (nSPS) is 11.7. The molecule has 0 aliphatic rings. The molecule has 0 amide bonds. The van der Waals surface area contributed by atoms with E-state index in [9.17, 15) is 4.79 Å². The molecule has 0 aliphatic carbocycles. The number of aliphatic carboxylic acids is 1. The molecule has 1 atom stereocenters. The first-order chi connectivity index (χ1) is 4.16. The zero-order valence-electron chi connectivity index (χ0n) is 4.98. The van der Waals surface area contributed by atoms with Crippen LogP contribution in [0.5, 0.6) is 0 Å². The van der Waals surface area contributed by atoms with Gasteiger partial charge in [-0.1, -0.05) is 12.0 Å². The molecule has 0 saturated heterocycles. The van der Waals surface area contributed by atoms with E-state index < -0.39 is 12.0 Å². The Morgan fingerprint density at radius 2 is 2.56 bits per heavy atom. The highest BCUT2D eigenvalue weighted by molar-refractivity contribution is 5.67. The quantitative estimate of drug-likeness (QED) is 0.352. The lowest BCUT2D eigenvalue weighted by Crippen LogP contribution is -2.05. The number of hydrogen-bond acceptors (Lipinski definition) is 2. The molecule has 0 fully saturated rings. The molecular weight excluding hydrogens is 122 g/mol. The molecule has 0 saturated carbocycles. The molecule has 0 unspecified atom stereocenters. The molecular formula is C4H7N3O2. The van der Waals surface area contributed by atoms with Gasteiger partial charge >= 0.3 is 5.97 Å². The van der Waals surface area contributed by atoms with E-state index in [1.54, 1.807) is 6.92 Å². The first-order valence-corrected chi connectivity index (χ1v) is 2.43. The summed E-state index contributed by atoms with van der Waals surface area (Å²) in [6.45, 7) is 1.55. The van der Waals surface area contributed by atoms with E-state index in [-0.39, 0.29) is 6.42 Å². The van der Waals surface area contributed by atoms with E-state index >= 15 is 0 Å². The number of nitrogens with zero attached hydrogens (tertiary/aromatic N) is 3. The van der Waals surface area contributed by atoms with Crippen LogP contribution >= 0.6 is 0 Å². The number of hydrogen-bond donors (Lipinski definition) is 1. The summed E-state index contributed by atoms with van der Waals surface area (Å²) in [5.74, 6) is -0.949. The molecule has 0 bridgehead atoms. The van der Waals surface area contributed by atoms with Crippen LogP contribution in [0.2, 0.25) is 0 Å². The van der Waals surface area contributed by atoms with Crippen LogP contribution in [0.15, 0.2) is 5.11 Å². The average Bonchev–Trinajstić information content (AvgIpc) is 1.63. The molecule has 5 nitrogen and oxygen atoms in total. The third-order valence-corrected chi connectivity index (χ3v) is 0.719. The van der Waals surface area contributed by atoms with Gasteiger partial charge in [0, 0.05) is 11.0 Å². The van der Waals surface area contributed by atoms with Crippen LogP contribution in [0.3, 0.4) is 0 Å². The molecule has 0 rings (SSSR count). The van der Waals surface area contributed by atoms with Crippen LogP contribution in [0.25, 0.3) is 10.4 Å². The Hall–Kier alpha value is -1.22. The minimum Gasteiger partial charge on any atom is -0.481 e. The molecule has 0 aromatic carbocycles. The molecule has 0 heterocycles. The maximum atomic E-state index is 9.90. The van der Waals surface area contributed by atoms with Crippen molar-refractivity contribution < 1.29 is 9.90 Å². The summed E-state index contributed by atoms with van der Waals surface area (Å²) in [4.78, 5) is 12.4. The van der Waals surface area contributed by atoms with Gasteiger partial charge in [-0.05, 0) is 5.53 Å². The van der Waals surface area contributed by atoms with Crippen LogP contribution in [0.1, 0.15) is 13.3 Å². The zero-order valence-corrected chi connectivity index (χ0v) is 4.98. The lowest BCUT2D eigenvalue weighted by Gasteiger charge is -1.95. The highest BCUT2D eigenvalue weighted by Gasteiger charge is 2.02. The number of azide groups is 1. The standard InChI is InChI=1S/C4H7N3O2/c1-3(6-7-5)2-4(8)9/h3H,2H2,1H3,(H,8,9)/t3-/m1/s1. The fraction of sp³-hybridized carbons (Fsp3) is 0.750. The van der Waals surface area contributed by atoms with Gasteiger partial charge in [-0.15, -0.1) is 0 Å². The maximum Gasteiger partial charge on any atom is 0.303 e. The van der Waals surface area contributed by atoms with Gasteiger partial charge in [0.2, 0.25) is 0 Å². The van der Waals surface area contributed by atoms with Crippen molar-refractivity contribution in [2.45, 2.75) is 19.4 Å². The van der Waals surface area contributed by atoms with E-state index in [1.807, 2.05) is 0 Å². The molecule has 1 N–H and O–H groups in total. The highest BCUT2D eigenvalue weighted by Crippen LogP contribution is 1.95. The van der Waals surface area contributed by atoms with Crippen molar-refractivity contribution >= 4 is 5.97 Å². The lowest BCUT2D eigenvalue weighted by atomic mass is 10.3. The Kier molecular flexibility index (Phi) is 3.23. The minimum absolute atomic E-state index is 0.107. The summed E-state index contributed by atoms with van der Waals surface area (Å²) in [6.07, 6.45) is -0.107. The molecule has 50 valence electrons. The number of carboxylic acid groups (broad SMARTS) is 1. The zero-order chi connectivity index (χ0) is 7.28. The summed E-state index contributed by atoms with van der Waals surface area (Å²) in [6, 6.07) is -0.451. The van der Waals surface area contributed by atoms with Gasteiger partial charge in [0.25, 0.3) is 0 Å². The van der Waals surface area contributed by atoms with Crippen LogP contribution in [0, 0.1) is 0 Å². The first-order valence-electron chi connectivity index (χ1n) is 2.43. The van der Waals surface area contributed by atoms with Crippen LogP contribution in [0.4, 0.5) is 0 Å². The fourth-order valence-corrected chi connectivity index (χ4v) is 0.382. The Bertz CT molecular complexity index is 150. The Morgan fingerprint density at radius 1 is 2.00 bits per heavy atom. The molecule has 0 aliphatic heterocycles. The highest BCUT2D eigenvalue weighted by atomic mass is 16.4. The van der Waals surface area contributed by atoms with E-state index in [0.717, 1.165) is 0 Å². The number of carboxylic acids is 1. The van der Waals surface area contributed by atoms with E-state index in [1.165, 1.54) is 0 Å². The molecule has 0 radical (unpaired) electrons. The lowest BCUT2D eigenvalue weighted by molar-refractivity contribution is -0.137. The van der Waals surface area contributed by atoms with Crippen molar-refractivity contribution in [2.75, 3.05) is 0 Å². The van der Waals surface area contributed by atoms with Gasteiger partial charge in [0.1, 0.15) is 0 Å². The van der Waals surface area contributed by atoms with Crippen molar-refractivity contribution in [1.29, 1.82) is 0 Å². The first kappa shape index (κ1) is 7.78. The van der Waals surface area contributed by atoms with Crippen molar-refractivity contribution in [2.24, 2.45) is 5.11 Å². The monoisotopic (exact) mass is 129 g/mol. The maximum absolute atomic E-state index is 9.90. The SMILES string of the molecule is C[C@H](CC(=O)O)N=[N+]=[N-]. The summed E-state index contributed by atoms with van der Waals surface area (Å²) in [5.41, 5.74) is 7.81. The van der Waals surface area contributed by atoms with Crippen molar-refractivity contribution in [3.05, 3.63) is 10.4 Å². The second kappa shape index (κ2) is 3.74. The Labute approximate surface area is 51.9 Å². The van der Waals surface area contributed by atoms with Gasteiger partial charge in [0.15, 0.2) is 0 Å².